The van der Waals surface area contributed by atoms with Crippen molar-refractivity contribution in [1.82, 2.24) is 15.2 Å². The van der Waals surface area contributed by atoms with Crippen LogP contribution in [0.1, 0.15) is 73.9 Å². The molecule has 0 unspecified atom stereocenters. The normalized spacial score (nSPS) is 19.9. The molecule has 150 valence electrons. The van der Waals surface area contributed by atoms with Crippen LogP contribution in [-0.2, 0) is 9.53 Å². The smallest absolute Gasteiger partial charge is 0.273 e. The van der Waals surface area contributed by atoms with Crippen molar-refractivity contribution in [2.45, 2.75) is 58.4 Å². The summed E-state index contributed by atoms with van der Waals surface area (Å²) in [5.74, 6) is 0.672. The second-order valence-electron chi connectivity index (χ2n) is 8.00. The van der Waals surface area contributed by atoms with Gasteiger partial charge in [0.25, 0.3) is 5.91 Å². The molecule has 0 spiro atoms. The van der Waals surface area contributed by atoms with Crippen LogP contribution >= 0.6 is 11.3 Å². The Morgan fingerprint density at radius 3 is 2.63 bits per heavy atom. The summed E-state index contributed by atoms with van der Waals surface area (Å²) in [6.07, 6.45) is 6.32. The molecule has 1 aliphatic carbocycles. The van der Waals surface area contributed by atoms with Gasteiger partial charge in [-0.05, 0) is 25.2 Å². The van der Waals surface area contributed by atoms with E-state index in [0.717, 1.165) is 37.1 Å². The maximum atomic E-state index is 12.7. The molecule has 1 aromatic rings. The van der Waals surface area contributed by atoms with Crippen molar-refractivity contribution in [2.24, 2.45) is 11.8 Å². The second-order valence-corrected chi connectivity index (χ2v) is 8.89. The van der Waals surface area contributed by atoms with Crippen LogP contribution in [0.2, 0.25) is 0 Å². The zero-order chi connectivity index (χ0) is 19.2. The van der Waals surface area contributed by atoms with Crippen LogP contribution in [0.25, 0.3) is 0 Å². The molecular formula is C20H31N3O3S. The minimum atomic E-state index is -0.115. The molecule has 1 aromatic heterocycles. The monoisotopic (exact) mass is 393 g/mol. The number of nitrogens with one attached hydrogen (secondary N) is 1. The van der Waals surface area contributed by atoms with E-state index >= 15 is 0 Å². The van der Waals surface area contributed by atoms with Gasteiger partial charge in [0.05, 0.1) is 19.3 Å². The molecule has 1 aliphatic heterocycles. The van der Waals surface area contributed by atoms with E-state index in [1.54, 1.807) is 4.90 Å². The molecule has 6 nitrogen and oxygen atoms in total. The number of hydrogen-bond acceptors (Lipinski definition) is 5. The second kappa shape index (κ2) is 9.64. The van der Waals surface area contributed by atoms with Crippen LogP contribution in [0.4, 0.5) is 0 Å². The Morgan fingerprint density at radius 1 is 1.26 bits per heavy atom. The molecule has 1 atom stereocenters. The fraction of sp³-hybridized carbons (Fsp3) is 0.750. The highest BCUT2D eigenvalue weighted by Crippen LogP contribution is 2.28. The molecule has 3 rings (SSSR count). The van der Waals surface area contributed by atoms with E-state index in [2.05, 4.69) is 24.1 Å². The average molecular weight is 394 g/mol. The van der Waals surface area contributed by atoms with E-state index in [0.29, 0.717) is 37.9 Å². The Bertz CT molecular complexity index is 634. The Hall–Kier alpha value is -1.47. The fourth-order valence-electron chi connectivity index (χ4n) is 3.82. The Balaban J connectivity index is 1.68. The van der Waals surface area contributed by atoms with Crippen molar-refractivity contribution in [2.75, 3.05) is 26.3 Å². The third-order valence-electron chi connectivity index (χ3n) is 5.34. The van der Waals surface area contributed by atoms with Crippen LogP contribution in [-0.4, -0.2) is 48.0 Å². The van der Waals surface area contributed by atoms with Crippen LogP contribution < -0.4 is 5.32 Å². The summed E-state index contributed by atoms with van der Waals surface area (Å²) in [7, 11) is 0. The van der Waals surface area contributed by atoms with Gasteiger partial charge < -0.3 is 15.0 Å². The molecule has 0 aromatic carbocycles. The topological polar surface area (TPSA) is 71.5 Å². The predicted octanol–water partition coefficient (Wildman–Crippen LogP) is 3.40. The van der Waals surface area contributed by atoms with Crippen LogP contribution in [0, 0.1) is 11.8 Å². The molecule has 0 radical (unpaired) electrons. The Labute approximate surface area is 165 Å². The number of hydrogen-bond donors (Lipinski definition) is 1. The molecule has 1 N–H and O–H groups in total. The van der Waals surface area contributed by atoms with Crippen molar-refractivity contribution in [3.63, 3.8) is 0 Å². The molecule has 27 heavy (non-hydrogen) atoms. The number of nitrogens with zero attached hydrogens (tertiary/aromatic N) is 2. The Kier molecular flexibility index (Phi) is 7.24. The lowest BCUT2D eigenvalue weighted by molar-refractivity contribution is -0.126. The number of rotatable bonds is 6. The van der Waals surface area contributed by atoms with Gasteiger partial charge in [0, 0.05) is 24.4 Å². The molecule has 2 fully saturated rings. The lowest BCUT2D eigenvalue weighted by atomic mass is 9.88. The summed E-state index contributed by atoms with van der Waals surface area (Å²) in [6.45, 7) is 6.67. The average Bonchev–Trinajstić information content (AvgIpc) is 3.18. The van der Waals surface area contributed by atoms with Gasteiger partial charge in [-0.15, -0.1) is 11.3 Å². The first-order chi connectivity index (χ1) is 13.0. The minimum absolute atomic E-state index is 0.0392. The molecule has 1 saturated carbocycles. The first kappa shape index (κ1) is 20.3. The van der Waals surface area contributed by atoms with Crippen LogP contribution in [0.5, 0.6) is 0 Å². The maximum Gasteiger partial charge on any atom is 0.273 e. The van der Waals surface area contributed by atoms with E-state index in [1.165, 1.54) is 17.8 Å². The van der Waals surface area contributed by atoms with Gasteiger partial charge in [-0.25, -0.2) is 4.98 Å². The van der Waals surface area contributed by atoms with Crippen molar-refractivity contribution in [1.29, 1.82) is 0 Å². The summed E-state index contributed by atoms with van der Waals surface area (Å²) in [5.41, 5.74) is 0.484. The van der Waals surface area contributed by atoms with E-state index in [-0.39, 0.29) is 23.8 Å². The van der Waals surface area contributed by atoms with Crippen LogP contribution in [0.3, 0.4) is 0 Å². The zero-order valence-electron chi connectivity index (χ0n) is 16.4. The number of carbonyl (C=O) groups is 2. The molecule has 0 bridgehead atoms. The van der Waals surface area contributed by atoms with E-state index < -0.39 is 0 Å². The lowest BCUT2D eigenvalue weighted by Gasteiger charge is -2.26. The van der Waals surface area contributed by atoms with Crippen LogP contribution in [0.15, 0.2) is 5.38 Å². The van der Waals surface area contributed by atoms with Gasteiger partial charge in [-0.1, -0.05) is 33.1 Å². The van der Waals surface area contributed by atoms with Crippen molar-refractivity contribution in [3.8, 4) is 0 Å². The first-order valence-electron chi connectivity index (χ1n) is 10.2. The number of morpholine rings is 1. The van der Waals surface area contributed by atoms with E-state index in [9.17, 15) is 9.59 Å². The highest BCUT2D eigenvalue weighted by molar-refractivity contribution is 7.09. The van der Waals surface area contributed by atoms with Crippen molar-refractivity contribution in [3.05, 3.63) is 16.1 Å². The molecule has 2 aliphatic rings. The fourth-order valence-corrected chi connectivity index (χ4v) is 4.68. The molecule has 7 heteroatoms. The summed E-state index contributed by atoms with van der Waals surface area (Å²) >= 11 is 1.48. The molecule has 2 amide bonds. The largest absolute Gasteiger partial charge is 0.378 e. The summed E-state index contributed by atoms with van der Waals surface area (Å²) < 4.78 is 5.32. The lowest BCUT2D eigenvalue weighted by Crippen LogP contribution is -2.40. The highest BCUT2D eigenvalue weighted by atomic mass is 32.1. The SMILES string of the molecule is CC(C)C[C@@H](NC(=O)C1CCCCC1)c1nc(C(=O)N2CCOCC2)cs1. The third-order valence-corrected chi connectivity index (χ3v) is 6.30. The maximum absolute atomic E-state index is 12.7. The summed E-state index contributed by atoms with van der Waals surface area (Å²) in [4.78, 5) is 31.8. The van der Waals surface area contributed by atoms with Gasteiger partial charge in [-0.3, -0.25) is 9.59 Å². The zero-order valence-corrected chi connectivity index (χ0v) is 17.2. The van der Waals surface area contributed by atoms with Gasteiger partial charge in [0.1, 0.15) is 10.7 Å². The number of thiazole rings is 1. The van der Waals surface area contributed by atoms with Gasteiger partial charge in [0.15, 0.2) is 0 Å². The number of amides is 2. The Morgan fingerprint density at radius 2 is 1.96 bits per heavy atom. The summed E-state index contributed by atoms with van der Waals surface area (Å²) in [5, 5.41) is 5.89. The van der Waals surface area contributed by atoms with E-state index in [4.69, 9.17) is 4.74 Å². The molecular weight excluding hydrogens is 362 g/mol. The number of carbonyl (C=O) groups excluding carboxylic acids is 2. The van der Waals surface area contributed by atoms with Gasteiger partial charge in [-0.2, -0.15) is 0 Å². The highest BCUT2D eigenvalue weighted by Gasteiger charge is 2.27. The molecule has 1 saturated heterocycles. The van der Waals surface area contributed by atoms with Gasteiger partial charge >= 0.3 is 0 Å². The predicted molar refractivity (Wildman–Crippen MR) is 106 cm³/mol. The van der Waals surface area contributed by atoms with Gasteiger partial charge in [0.2, 0.25) is 5.91 Å². The number of ether oxygens (including phenoxy) is 1. The van der Waals surface area contributed by atoms with Crippen molar-refractivity contribution >= 4 is 23.2 Å². The van der Waals surface area contributed by atoms with E-state index in [1.807, 2.05) is 5.38 Å². The number of aromatic nitrogens is 1. The third kappa shape index (κ3) is 5.51. The minimum Gasteiger partial charge on any atom is -0.378 e. The first-order valence-corrected chi connectivity index (χ1v) is 11.1. The standard InChI is InChI=1S/C20H31N3O3S/c1-14(2)12-16(21-18(24)15-6-4-3-5-7-15)19-22-17(13-27-19)20(25)23-8-10-26-11-9-23/h13-16H,3-12H2,1-2H3,(H,21,24)/t16-/m1/s1. The molecule has 2 heterocycles. The quantitative estimate of drug-likeness (QED) is 0.804. The van der Waals surface area contributed by atoms with Crippen molar-refractivity contribution < 1.29 is 14.3 Å². The summed E-state index contributed by atoms with van der Waals surface area (Å²) in [6, 6.07) is -0.115.